The molecule has 0 spiro atoms. The van der Waals surface area contributed by atoms with Gasteiger partial charge in [-0.2, -0.15) is 0 Å². The van der Waals surface area contributed by atoms with Gasteiger partial charge in [-0.05, 0) is 47.5 Å². The van der Waals surface area contributed by atoms with Crippen molar-refractivity contribution >= 4 is 17.3 Å². The fourth-order valence-electron chi connectivity index (χ4n) is 3.00. The van der Waals surface area contributed by atoms with Crippen LogP contribution >= 0.6 is 0 Å². The first kappa shape index (κ1) is 16.2. The molecule has 0 aliphatic rings. The van der Waals surface area contributed by atoms with Gasteiger partial charge in [-0.15, -0.1) is 0 Å². The summed E-state index contributed by atoms with van der Waals surface area (Å²) in [7, 11) is 0. The molecule has 0 fully saturated rings. The molecule has 0 aliphatic carbocycles. The first-order valence-electron chi connectivity index (χ1n) is 8.15. The highest BCUT2D eigenvalue weighted by Gasteiger charge is 2.12. The highest BCUT2D eigenvalue weighted by molar-refractivity contribution is 5.84. The third-order valence-corrected chi connectivity index (χ3v) is 4.33. The van der Waals surface area contributed by atoms with Gasteiger partial charge in [0.2, 0.25) is 0 Å². The number of carbonyl (C=O) groups excluding carboxylic acids is 1. The summed E-state index contributed by atoms with van der Waals surface area (Å²) >= 11 is 0. The molecular formula is C22H14F2O2. The van der Waals surface area contributed by atoms with Crippen LogP contribution in [-0.2, 0) is 6.42 Å². The predicted octanol–water partition coefficient (Wildman–Crippen LogP) is 5.78. The highest BCUT2D eigenvalue weighted by Crippen LogP contribution is 2.31. The summed E-state index contributed by atoms with van der Waals surface area (Å²) in [6.07, 6.45) is 1.06. The Kier molecular flexibility index (Phi) is 4.09. The van der Waals surface area contributed by atoms with Gasteiger partial charge in [0.25, 0.3) is 0 Å². The van der Waals surface area contributed by atoms with Gasteiger partial charge < -0.3 is 4.42 Å². The van der Waals surface area contributed by atoms with Crippen LogP contribution in [0.5, 0.6) is 0 Å². The Morgan fingerprint density at radius 2 is 1.73 bits per heavy atom. The van der Waals surface area contributed by atoms with E-state index in [1.165, 1.54) is 18.2 Å². The first-order chi connectivity index (χ1) is 12.6. The minimum Gasteiger partial charge on any atom is -0.456 e. The van der Waals surface area contributed by atoms with Crippen molar-refractivity contribution in [3.05, 3.63) is 95.1 Å². The van der Waals surface area contributed by atoms with E-state index in [4.69, 9.17) is 4.42 Å². The Morgan fingerprint density at radius 1 is 0.885 bits per heavy atom. The van der Waals surface area contributed by atoms with E-state index in [9.17, 15) is 13.6 Å². The summed E-state index contributed by atoms with van der Waals surface area (Å²) in [5.41, 5.74) is 2.74. The minimum atomic E-state index is -0.514. The minimum absolute atomic E-state index is 0.238. The maximum Gasteiger partial charge on any atom is 0.150 e. The normalized spacial score (nSPS) is 11.0. The van der Waals surface area contributed by atoms with E-state index >= 15 is 0 Å². The van der Waals surface area contributed by atoms with Crippen molar-refractivity contribution in [3.63, 3.8) is 0 Å². The van der Waals surface area contributed by atoms with Crippen LogP contribution in [-0.4, -0.2) is 6.29 Å². The van der Waals surface area contributed by atoms with Crippen molar-refractivity contribution < 1.29 is 18.0 Å². The number of hydrogen-bond donors (Lipinski definition) is 0. The number of carbonyl (C=O) groups is 1. The van der Waals surface area contributed by atoms with E-state index in [1.54, 1.807) is 36.4 Å². The molecule has 0 N–H and O–H groups in total. The summed E-state index contributed by atoms with van der Waals surface area (Å²) < 4.78 is 33.8. The van der Waals surface area contributed by atoms with E-state index < -0.39 is 5.82 Å². The quantitative estimate of drug-likeness (QED) is 0.438. The van der Waals surface area contributed by atoms with E-state index in [-0.39, 0.29) is 11.4 Å². The topological polar surface area (TPSA) is 30.2 Å². The van der Waals surface area contributed by atoms with Crippen LogP contribution < -0.4 is 0 Å². The molecule has 0 amide bonds. The molecule has 0 atom stereocenters. The number of benzene rings is 3. The zero-order valence-electron chi connectivity index (χ0n) is 13.7. The molecule has 128 valence electrons. The summed E-state index contributed by atoms with van der Waals surface area (Å²) in [6.45, 7) is 0. The molecule has 0 saturated heterocycles. The molecule has 3 aromatic carbocycles. The fourth-order valence-corrected chi connectivity index (χ4v) is 3.00. The predicted molar refractivity (Wildman–Crippen MR) is 96.2 cm³/mol. The Hall–Kier alpha value is -3.27. The summed E-state index contributed by atoms with van der Waals surface area (Å²) in [5.74, 6) is -0.365. The smallest absolute Gasteiger partial charge is 0.150 e. The summed E-state index contributed by atoms with van der Waals surface area (Å²) in [5, 5.41) is 0.813. The first-order valence-corrected chi connectivity index (χ1v) is 8.15. The van der Waals surface area contributed by atoms with E-state index in [1.807, 2.05) is 12.1 Å². The fraction of sp³-hybridized carbons (Fsp3) is 0.0455. The van der Waals surface area contributed by atoms with Gasteiger partial charge in [0.1, 0.15) is 29.3 Å². The lowest BCUT2D eigenvalue weighted by Gasteiger charge is -2.03. The van der Waals surface area contributed by atoms with Crippen molar-refractivity contribution in [1.29, 1.82) is 0 Å². The average molecular weight is 348 g/mol. The second kappa shape index (κ2) is 6.56. The number of aldehydes is 1. The van der Waals surface area contributed by atoms with Crippen LogP contribution in [0.1, 0.15) is 21.5 Å². The molecule has 0 saturated carbocycles. The van der Waals surface area contributed by atoms with Gasteiger partial charge in [0, 0.05) is 17.4 Å². The van der Waals surface area contributed by atoms with Crippen molar-refractivity contribution in [2.75, 3.05) is 0 Å². The second-order valence-corrected chi connectivity index (χ2v) is 6.11. The third-order valence-electron chi connectivity index (χ3n) is 4.33. The Labute approximate surface area is 148 Å². The third kappa shape index (κ3) is 3.02. The van der Waals surface area contributed by atoms with Crippen LogP contribution in [0.3, 0.4) is 0 Å². The standard InChI is InChI=1S/C22H14F2O2/c23-19-4-2-1-3-16(19)9-14-6-8-21-17(10-14)12-22(26-21)18-7-5-15(13-25)11-20(18)24/h1-8,10-13H,9H2. The molecule has 1 aromatic heterocycles. The number of halogens is 2. The van der Waals surface area contributed by atoms with Gasteiger partial charge in [-0.1, -0.05) is 30.3 Å². The van der Waals surface area contributed by atoms with Crippen molar-refractivity contribution in [3.8, 4) is 11.3 Å². The average Bonchev–Trinajstić information content (AvgIpc) is 3.06. The zero-order valence-corrected chi connectivity index (χ0v) is 13.7. The maximum atomic E-state index is 14.2. The molecule has 1 heterocycles. The van der Waals surface area contributed by atoms with Crippen LogP contribution in [0.2, 0.25) is 0 Å². The molecular weight excluding hydrogens is 334 g/mol. The summed E-state index contributed by atoms with van der Waals surface area (Å²) in [4.78, 5) is 10.7. The molecule has 2 nitrogen and oxygen atoms in total. The van der Waals surface area contributed by atoms with Gasteiger partial charge in [-0.25, -0.2) is 8.78 Å². The highest BCUT2D eigenvalue weighted by atomic mass is 19.1. The lowest BCUT2D eigenvalue weighted by atomic mass is 10.0. The van der Waals surface area contributed by atoms with Gasteiger partial charge in [-0.3, -0.25) is 4.79 Å². The Bertz CT molecular complexity index is 1110. The maximum absolute atomic E-state index is 14.2. The van der Waals surface area contributed by atoms with Crippen LogP contribution in [0, 0.1) is 11.6 Å². The SMILES string of the molecule is O=Cc1ccc(-c2cc3cc(Cc4ccccc4F)ccc3o2)c(F)c1. The number of fused-ring (bicyclic) bond motifs is 1. The Morgan fingerprint density at radius 3 is 2.50 bits per heavy atom. The van der Waals surface area contributed by atoms with Gasteiger partial charge >= 0.3 is 0 Å². The van der Waals surface area contributed by atoms with Crippen LogP contribution in [0.15, 0.2) is 71.1 Å². The molecule has 0 aliphatic heterocycles. The van der Waals surface area contributed by atoms with Crippen molar-refractivity contribution in [2.45, 2.75) is 6.42 Å². The Balaban J connectivity index is 1.70. The monoisotopic (exact) mass is 348 g/mol. The number of furan rings is 1. The molecule has 4 heteroatoms. The zero-order chi connectivity index (χ0) is 18.1. The van der Waals surface area contributed by atoms with Gasteiger partial charge in [0.15, 0.2) is 0 Å². The van der Waals surface area contributed by atoms with Crippen LogP contribution in [0.25, 0.3) is 22.3 Å². The molecule has 4 aromatic rings. The van der Waals surface area contributed by atoms with E-state index in [0.29, 0.717) is 35.2 Å². The van der Waals surface area contributed by atoms with E-state index in [2.05, 4.69) is 0 Å². The molecule has 0 unspecified atom stereocenters. The van der Waals surface area contributed by atoms with Crippen molar-refractivity contribution in [1.82, 2.24) is 0 Å². The van der Waals surface area contributed by atoms with Crippen LogP contribution in [0.4, 0.5) is 8.78 Å². The molecule has 0 radical (unpaired) electrons. The molecule has 4 rings (SSSR count). The lowest BCUT2D eigenvalue weighted by Crippen LogP contribution is -1.91. The molecule has 26 heavy (non-hydrogen) atoms. The largest absolute Gasteiger partial charge is 0.456 e. The van der Waals surface area contributed by atoms with E-state index in [0.717, 1.165) is 10.9 Å². The second-order valence-electron chi connectivity index (χ2n) is 6.11. The number of rotatable bonds is 4. The van der Waals surface area contributed by atoms with Crippen molar-refractivity contribution in [2.24, 2.45) is 0 Å². The summed E-state index contributed by atoms with van der Waals surface area (Å²) in [6, 6.07) is 18.2. The lowest BCUT2D eigenvalue weighted by molar-refractivity contribution is 0.112. The molecule has 0 bridgehead atoms. The van der Waals surface area contributed by atoms with Gasteiger partial charge in [0.05, 0.1) is 5.56 Å². The number of hydrogen-bond acceptors (Lipinski definition) is 2.